The molecule has 0 aliphatic carbocycles. The molecule has 0 saturated carbocycles. The molecule has 2 rings (SSSR count). The Morgan fingerprint density at radius 1 is 1.12 bits per heavy atom. The van der Waals surface area contributed by atoms with E-state index in [1.807, 2.05) is 13.8 Å². The summed E-state index contributed by atoms with van der Waals surface area (Å²) in [6.45, 7) is 3.71. The zero-order valence-corrected chi connectivity index (χ0v) is 15.4. The highest BCUT2D eigenvalue weighted by Gasteiger charge is 2.26. The quantitative estimate of drug-likeness (QED) is 0.763. The molecule has 0 fully saturated rings. The van der Waals surface area contributed by atoms with E-state index in [9.17, 15) is 14.4 Å². The molecule has 0 spiro atoms. The Balaban J connectivity index is 2.22. The second-order valence-electron chi connectivity index (χ2n) is 6.26. The number of halogens is 1. The maximum absolute atomic E-state index is 12.6. The molecule has 1 aromatic heterocycles. The fraction of sp³-hybridized carbons (Fsp3) is 0.389. The highest BCUT2D eigenvalue weighted by molar-refractivity contribution is 6.30. The topological polar surface area (TPSA) is 70.3 Å². The Morgan fingerprint density at radius 3 is 2.28 bits per heavy atom. The van der Waals surface area contributed by atoms with Crippen molar-refractivity contribution in [2.24, 2.45) is 20.0 Å². The summed E-state index contributed by atoms with van der Waals surface area (Å²) in [7, 11) is 2.93. The van der Waals surface area contributed by atoms with Gasteiger partial charge in [-0.15, -0.1) is 0 Å². The van der Waals surface area contributed by atoms with Crippen molar-refractivity contribution in [3.05, 3.63) is 67.4 Å². The summed E-state index contributed by atoms with van der Waals surface area (Å²) < 4.78 is 7.68. The molecule has 1 heterocycles. The molecule has 0 aliphatic rings. The van der Waals surface area contributed by atoms with Gasteiger partial charge in [0.1, 0.15) is 6.61 Å². The number of benzene rings is 1. The predicted molar refractivity (Wildman–Crippen MR) is 95.8 cm³/mol. The van der Waals surface area contributed by atoms with Gasteiger partial charge >= 0.3 is 11.7 Å². The number of carbonyl (C=O) groups is 1. The minimum Gasteiger partial charge on any atom is -0.459 e. The predicted octanol–water partition coefficient (Wildman–Crippen LogP) is 2.22. The van der Waals surface area contributed by atoms with Crippen LogP contribution in [0.2, 0.25) is 5.02 Å². The minimum absolute atomic E-state index is 0.0149. The van der Waals surface area contributed by atoms with Crippen LogP contribution in [0.4, 0.5) is 0 Å². The van der Waals surface area contributed by atoms with E-state index in [0.29, 0.717) is 10.7 Å². The van der Waals surface area contributed by atoms with Gasteiger partial charge in [0.25, 0.3) is 5.56 Å². The smallest absolute Gasteiger partial charge is 0.330 e. The highest BCUT2D eigenvalue weighted by Crippen LogP contribution is 2.27. The molecule has 2 aromatic rings. The van der Waals surface area contributed by atoms with E-state index in [1.54, 1.807) is 24.3 Å². The normalized spacial score (nSPS) is 12.2. The Morgan fingerprint density at radius 2 is 1.72 bits per heavy atom. The number of rotatable bonds is 5. The molecule has 1 aromatic carbocycles. The fourth-order valence-corrected chi connectivity index (χ4v) is 2.74. The van der Waals surface area contributed by atoms with Crippen LogP contribution < -0.4 is 11.2 Å². The lowest BCUT2D eigenvalue weighted by Gasteiger charge is -2.20. The molecule has 6 nitrogen and oxygen atoms in total. The molecule has 0 N–H and O–H groups in total. The lowest BCUT2D eigenvalue weighted by atomic mass is 9.88. The first-order valence-corrected chi connectivity index (χ1v) is 8.28. The zero-order chi connectivity index (χ0) is 18.7. The number of aromatic nitrogens is 2. The molecule has 1 unspecified atom stereocenters. The second kappa shape index (κ2) is 7.70. The third-order valence-corrected chi connectivity index (χ3v) is 4.39. The van der Waals surface area contributed by atoms with Gasteiger partial charge in [-0.3, -0.25) is 18.7 Å². The molecule has 0 radical (unpaired) electrons. The number of hydrogen-bond acceptors (Lipinski definition) is 4. The van der Waals surface area contributed by atoms with Crippen LogP contribution >= 0.6 is 11.6 Å². The van der Waals surface area contributed by atoms with Crippen LogP contribution in [0.5, 0.6) is 0 Å². The summed E-state index contributed by atoms with van der Waals surface area (Å²) in [5.41, 5.74) is 0.256. The van der Waals surface area contributed by atoms with Crippen LogP contribution in [-0.4, -0.2) is 15.1 Å². The van der Waals surface area contributed by atoms with Gasteiger partial charge in [-0.25, -0.2) is 4.79 Å². The Bertz CT molecular complexity index is 881. The van der Waals surface area contributed by atoms with Gasteiger partial charge in [-0.1, -0.05) is 37.6 Å². The van der Waals surface area contributed by atoms with E-state index in [-0.39, 0.29) is 12.5 Å². The van der Waals surface area contributed by atoms with Gasteiger partial charge in [0, 0.05) is 25.2 Å². The van der Waals surface area contributed by atoms with Gasteiger partial charge in [-0.2, -0.15) is 0 Å². The first-order chi connectivity index (χ1) is 11.7. The van der Waals surface area contributed by atoms with Crippen LogP contribution in [0.1, 0.15) is 31.0 Å². The Kier molecular flexibility index (Phi) is 5.85. The van der Waals surface area contributed by atoms with Crippen LogP contribution in [0.15, 0.2) is 39.9 Å². The van der Waals surface area contributed by atoms with Crippen LogP contribution in [0.3, 0.4) is 0 Å². The summed E-state index contributed by atoms with van der Waals surface area (Å²) in [6.07, 6.45) is 0. The number of hydrogen-bond donors (Lipinski definition) is 0. The molecule has 0 amide bonds. The fourth-order valence-electron chi connectivity index (χ4n) is 2.61. The summed E-state index contributed by atoms with van der Waals surface area (Å²) >= 11 is 5.90. The molecule has 7 heteroatoms. The third-order valence-electron chi connectivity index (χ3n) is 4.14. The minimum atomic E-state index is -0.461. The van der Waals surface area contributed by atoms with Gasteiger partial charge in [0.05, 0.1) is 11.6 Å². The second-order valence-corrected chi connectivity index (χ2v) is 6.69. The zero-order valence-electron chi connectivity index (χ0n) is 14.7. The third kappa shape index (κ3) is 4.20. The first kappa shape index (κ1) is 19.0. The van der Waals surface area contributed by atoms with Crippen LogP contribution in [0, 0.1) is 5.92 Å². The van der Waals surface area contributed by atoms with E-state index < -0.39 is 23.1 Å². The summed E-state index contributed by atoms with van der Waals surface area (Å²) in [4.78, 5) is 36.2. The summed E-state index contributed by atoms with van der Waals surface area (Å²) in [5.74, 6) is -0.854. The average molecular weight is 365 g/mol. The summed E-state index contributed by atoms with van der Waals surface area (Å²) in [6, 6.07) is 8.33. The maximum atomic E-state index is 12.6. The van der Waals surface area contributed by atoms with E-state index in [4.69, 9.17) is 16.3 Å². The van der Waals surface area contributed by atoms with Crippen molar-refractivity contribution >= 4 is 17.6 Å². The SMILES string of the molecule is CC(C)C(C(=O)OCc1cc(=O)n(C)c(=O)n1C)c1ccc(Cl)cc1. The molecule has 0 aliphatic heterocycles. The highest BCUT2D eigenvalue weighted by atomic mass is 35.5. The van der Waals surface area contributed by atoms with E-state index in [1.165, 1.54) is 24.7 Å². The summed E-state index contributed by atoms with van der Waals surface area (Å²) in [5, 5.41) is 0.592. The maximum Gasteiger partial charge on any atom is 0.330 e. The number of nitrogens with zero attached hydrogens (tertiary/aromatic N) is 2. The van der Waals surface area contributed by atoms with Crippen molar-refractivity contribution in [1.82, 2.24) is 9.13 Å². The standard InChI is InChI=1S/C18H21ClN2O4/c1-11(2)16(12-5-7-13(19)8-6-12)17(23)25-10-14-9-15(22)21(4)18(24)20(14)3/h5-9,11,16H,10H2,1-4H3. The lowest BCUT2D eigenvalue weighted by molar-refractivity contribution is -0.148. The van der Waals surface area contributed by atoms with Gasteiger partial charge in [-0.05, 0) is 23.6 Å². The largest absolute Gasteiger partial charge is 0.459 e. The van der Waals surface area contributed by atoms with Gasteiger partial charge in [0.2, 0.25) is 0 Å². The van der Waals surface area contributed by atoms with Crippen molar-refractivity contribution in [3.8, 4) is 0 Å². The van der Waals surface area contributed by atoms with E-state index in [2.05, 4.69) is 0 Å². The van der Waals surface area contributed by atoms with E-state index >= 15 is 0 Å². The molecule has 0 bridgehead atoms. The number of esters is 1. The Hall–Kier alpha value is -2.34. The monoisotopic (exact) mass is 364 g/mol. The van der Waals surface area contributed by atoms with Gasteiger partial charge in [0.15, 0.2) is 0 Å². The van der Waals surface area contributed by atoms with E-state index in [0.717, 1.165) is 10.1 Å². The number of carbonyl (C=O) groups excluding carboxylic acids is 1. The van der Waals surface area contributed by atoms with Crippen molar-refractivity contribution in [3.63, 3.8) is 0 Å². The van der Waals surface area contributed by atoms with Crippen molar-refractivity contribution in [2.45, 2.75) is 26.4 Å². The van der Waals surface area contributed by atoms with Crippen molar-refractivity contribution in [2.75, 3.05) is 0 Å². The van der Waals surface area contributed by atoms with Crippen LogP contribution in [-0.2, 0) is 30.2 Å². The van der Waals surface area contributed by atoms with Gasteiger partial charge < -0.3 is 4.74 Å². The molecule has 0 saturated heterocycles. The molecule has 25 heavy (non-hydrogen) atoms. The van der Waals surface area contributed by atoms with Crippen LogP contribution in [0.25, 0.3) is 0 Å². The van der Waals surface area contributed by atoms with Crippen molar-refractivity contribution in [1.29, 1.82) is 0 Å². The molecular formula is C18H21ClN2O4. The Labute approximate surface area is 150 Å². The molecular weight excluding hydrogens is 344 g/mol. The number of ether oxygens (including phenoxy) is 1. The molecule has 1 atom stereocenters. The first-order valence-electron chi connectivity index (χ1n) is 7.90. The molecule has 134 valence electrons. The lowest BCUT2D eigenvalue weighted by Crippen LogP contribution is -2.38. The average Bonchev–Trinajstić information content (AvgIpc) is 2.56. The van der Waals surface area contributed by atoms with Crippen molar-refractivity contribution < 1.29 is 9.53 Å².